The van der Waals surface area contributed by atoms with E-state index in [1.165, 1.54) is 0 Å². The topological polar surface area (TPSA) is 80.2 Å². The van der Waals surface area contributed by atoms with Crippen LogP contribution in [0.5, 0.6) is 5.75 Å². The summed E-state index contributed by atoms with van der Waals surface area (Å²) in [6.07, 6.45) is 0.310. The Morgan fingerprint density at radius 1 is 1.08 bits per heavy atom. The van der Waals surface area contributed by atoms with Crippen molar-refractivity contribution in [2.75, 3.05) is 13.2 Å². The van der Waals surface area contributed by atoms with E-state index >= 15 is 0 Å². The van der Waals surface area contributed by atoms with Gasteiger partial charge in [-0.3, -0.25) is 4.79 Å². The van der Waals surface area contributed by atoms with Gasteiger partial charge in [0.05, 0.1) is 6.61 Å². The summed E-state index contributed by atoms with van der Waals surface area (Å²) in [4.78, 5) is 18.9. The Hall–Kier alpha value is -3.16. The van der Waals surface area contributed by atoms with Crippen molar-refractivity contribution < 1.29 is 19.4 Å². The van der Waals surface area contributed by atoms with Gasteiger partial charge in [0, 0.05) is 41.1 Å². The van der Waals surface area contributed by atoms with Crippen LogP contribution in [-0.4, -0.2) is 41.7 Å². The molecule has 0 radical (unpaired) electrons. The van der Waals surface area contributed by atoms with Crippen LogP contribution in [0.25, 0.3) is 0 Å². The number of ether oxygens (including phenoxy) is 2. The Labute approximate surface area is 220 Å². The van der Waals surface area contributed by atoms with Crippen LogP contribution in [0.4, 0.5) is 0 Å². The number of amides is 1. The number of carbonyl (C=O) groups is 1. The van der Waals surface area contributed by atoms with E-state index in [4.69, 9.17) is 19.6 Å². The molecule has 2 atom stereocenters. The highest BCUT2D eigenvalue weighted by Crippen LogP contribution is 2.44. The molecular weight excluding hydrogens is 520 g/mol. The minimum Gasteiger partial charge on any atom is -0.494 e. The molecule has 0 unspecified atom stereocenters. The molecule has 1 aliphatic heterocycles. The van der Waals surface area contributed by atoms with Gasteiger partial charge in [0.25, 0.3) is 5.91 Å². The van der Waals surface area contributed by atoms with Gasteiger partial charge in [0.1, 0.15) is 5.75 Å². The second kappa shape index (κ2) is 11.7. The summed E-state index contributed by atoms with van der Waals surface area (Å²) >= 11 is 3.66. The molecule has 0 spiro atoms. The Morgan fingerprint density at radius 2 is 1.78 bits per heavy atom. The molecule has 0 fully saturated rings. The number of hydrogen-bond acceptors (Lipinski definition) is 5. The second-order valence-electron chi connectivity index (χ2n) is 9.10. The summed E-state index contributed by atoms with van der Waals surface area (Å²) in [5.74, 6) is 0.926. The average molecular weight is 551 g/mol. The molecule has 6 nitrogen and oxygen atoms in total. The molecular formula is C29H31BrN2O4. The quantitative estimate of drug-likeness (QED) is 0.338. The van der Waals surface area contributed by atoms with Crippen molar-refractivity contribution >= 4 is 27.7 Å². The van der Waals surface area contributed by atoms with Gasteiger partial charge >= 0.3 is 0 Å². The van der Waals surface area contributed by atoms with Crippen molar-refractivity contribution in [3.63, 3.8) is 0 Å². The van der Waals surface area contributed by atoms with Crippen LogP contribution in [0.1, 0.15) is 43.1 Å². The molecule has 1 heterocycles. The van der Waals surface area contributed by atoms with E-state index in [-0.39, 0.29) is 18.6 Å². The number of benzene rings is 3. The first-order chi connectivity index (χ1) is 17.4. The predicted molar refractivity (Wildman–Crippen MR) is 144 cm³/mol. The molecule has 7 heteroatoms. The van der Waals surface area contributed by atoms with Crippen LogP contribution < -0.4 is 10.1 Å². The minimum atomic E-state index is -1.21. The Morgan fingerprint density at radius 3 is 2.44 bits per heavy atom. The minimum absolute atomic E-state index is 0.0559. The predicted octanol–water partition coefficient (Wildman–Crippen LogP) is 5.23. The molecule has 0 bridgehead atoms. The van der Waals surface area contributed by atoms with Crippen LogP contribution >= 0.6 is 15.9 Å². The van der Waals surface area contributed by atoms with Crippen molar-refractivity contribution in [1.82, 2.24) is 5.32 Å². The highest BCUT2D eigenvalue weighted by molar-refractivity contribution is 9.10. The molecule has 0 saturated heterocycles. The van der Waals surface area contributed by atoms with Gasteiger partial charge in [0.15, 0.2) is 11.6 Å². The fraction of sp³-hybridized carbons (Fsp3) is 0.310. The van der Waals surface area contributed by atoms with Crippen LogP contribution in [0.15, 0.2) is 88.3 Å². The maximum Gasteiger partial charge on any atom is 0.252 e. The highest BCUT2D eigenvalue weighted by atomic mass is 79.9. The Bertz CT molecular complexity index is 1200. The van der Waals surface area contributed by atoms with Crippen molar-refractivity contribution in [2.45, 2.75) is 44.4 Å². The molecule has 188 valence electrons. The number of halogens is 1. The standard InChI is InChI=1S/C29H31BrN2O4/c1-20(2)31-28(34)29(19-21-9-4-3-5-10-21)26(24-11-6-7-12-25(24)30)36-27(32-29)22-13-15-23(16-14-22)35-18-8-17-33/h3-7,9-16,20,26,33H,8,17-19H2,1-2H3,(H,31,34)/t26-,29-/m1/s1. The van der Waals surface area contributed by atoms with Gasteiger partial charge in [-0.25, -0.2) is 4.99 Å². The van der Waals surface area contributed by atoms with Crippen molar-refractivity contribution in [1.29, 1.82) is 0 Å². The number of rotatable bonds is 10. The molecule has 2 N–H and O–H groups in total. The first-order valence-electron chi connectivity index (χ1n) is 12.1. The maximum absolute atomic E-state index is 13.9. The maximum atomic E-state index is 13.9. The zero-order valence-corrected chi connectivity index (χ0v) is 22.1. The van der Waals surface area contributed by atoms with Crippen LogP contribution in [0.3, 0.4) is 0 Å². The molecule has 0 saturated carbocycles. The van der Waals surface area contributed by atoms with Gasteiger partial charge < -0.3 is 19.9 Å². The van der Waals surface area contributed by atoms with E-state index in [9.17, 15) is 4.79 Å². The smallest absolute Gasteiger partial charge is 0.252 e. The third-order valence-electron chi connectivity index (χ3n) is 5.95. The van der Waals surface area contributed by atoms with E-state index in [0.29, 0.717) is 31.1 Å². The lowest BCUT2D eigenvalue weighted by Crippen LogP contribution is -2.51. The van der Waals surface area contributed by atoms with E-state index in [1.807, 2.05) is 92.7 Å². The summed E-state index contributed by atoms with van der Waals surface area (Å²) in [6.45, 7) is 4.41. The normalized spacial score (nSPS) is 19.0. The molecule has 3 aromatic carbocycles. The molecule has 4 rings (SSSR count). The molecule has 1 aliphatic rings. The summed E-state index contributed by atoms with van der Waals surface area (Å²) in [5, 5.41) is 12.1. The largest absolute Gasteiger partial charge is 0.494 e. The molecule has 0 aromatic heterocycles. The molecule has 1 amide bonds. The van der Waals surface area contributed by atoms with E-state index in [2.05, 4.69) is 21.2 Å². The van der Waals surface area contributed by atoms with Crippen molar-refractivity contribution in [3.05, 3.63) is 100 Å². The zero-order valence-electron chi connectivity index (χ0n) is 20.5. The SMILES string of the molecule is CC(C)NC(=O)[C@]1(Cc2ccccc2)N=C(c2ccc(OCCCO)cc2)O[C@@H]1c1ccccc1Br. The van der Waals surface area contributed by atoms with Crippen molar-refractivity contribution in [3.8, 4) is 5.75 Å². The van der Waals surface area contributed by atoms with Gasteiger partial charge in [-0.2, -0.15) is 0 Å². The monoisotopic (exact) mass is 550 g/mol. The van der Waals surface area contributed by atoms with Gasteiger partial charge in [-0.1, -0.05) is 64.5 Å². The Kier molecular flexibility index (Phi) is 8.44. The van der Waals surface area contributed by atoms with Crippen LogP contribution in [0, 0.1) is 0 Å². The molecule has 3 aromatic rings. The number of nitrogens with zero attached hydrogens (tertiary/aromatic N) is 1. The number of aliphatic hydroxyl groups excluding tert-OH is 1. The zero-order chi connectivity index (χ0) is 25.5. The summed E-state index contributed by atoms with van der Waals surface area (Å²) < 4.78 is 13.0. The molecule has 36 heavy (non-hydrogen) atoms. The number of carbonyl (C=O) groups excluding carboxylic acids is 1. The number of aliphatic hydroxyl groups is 1. The fourth-order valence-corrected chi connectivity index (χ4v) is 4.73. The summed E-state index contributed by atoms with van der Waals surface area (Å²) in [6, 6.07) is 25.1. The average Bonchev–Trinajstić information content (AvgIpc) is 3.25. The number of hydrogen-bond donors (Lipinski definition) is 2. The second-order valence-corrected chi connectivity index (χ2v) is 9.96. The summed E-state index contributed by atoms with van der Waals surface area (Å²) in [7, 11) is 0. The summed E-state index contributed by atoms with van der Waals surface area (Å²) in [5.41, 5.74) is 1.40. The first kappa shape index (κ1) is 25.9. The lowest BCUT2D eigenvalue weighted by Gasteiger charge is -2.32. The van der Waals surface area contributed by atoms with Crippen LogP contribution in [0.2, 0.25) is 0 Å². The third-order valence-corrected chi connectivity index (χ3v) is 6.68. The first-order valence-corrected chi connectivity index (χ1v) is 12.9. The number of nitrogens with one attached hydrogen (secondary N) is 1. The lowest BCUT2D eigenvalue weighted by atomic mass is 9.82. The third kappa shape index (κ3) is 5.79. The van der Waals surface area contributed by atoms with Crippen molar-refractivity contribution in [2.24, 2.45) is 4.99 Å². The van der Waals surface area contributed by atoms with Gasteiger partial charge in [0.2, 0.25) is 5.90 Å². The highest BCUT2D eigenvalue weighted by Gasteiger charge is 2.53. The van der Waals surface area contributed by atoms with Gasteiger partial charge in [-0.05, 0) is 49.7 Å². The molecule has 0 aliphatic carbocycles. The van der Waals surface area contributed by atoms with E-state index in [0.717, 1.165) is 21.2 Å². The van der Waals surface area contributed by atoms with E-state index in [1.54, 1.807) is 0 Å². The Balaban J connectivity index is 1.78. The van der Waals surface area contributed by atoms with Crippen LogP contribution in [-0.2, 0) is 16.0 Å². The van der Waals surface area contributed by atoms with E-state index < -0.39 is 11.6 Å². The van der Waals surface area contributed by atoms with Gasteiger partial charge in [-0.15, -0.1) is 0 Å². The fourth-order valence-electron chi connectivity index (χ4n) is 4.24. The number of aliphatic imine (C=N–C) groups is 1. The lowest BCUT2D eigenvalue weighted by molar-refractivity contribution is -0.129.